The summed E-state index contributed by atoms with van der Waals surface area (Å²) in [6, 6.07) is 17.8. The third-order valence-corrected chi connectivity index (χ3v) is 6.56. The fraction of sp³-hybridized carbons (Fsp3) is 0.217. The Hall–Kier alpha value is -3.83. The van der Waals surface area contributed by atoms with Gasteiger partial charge in [0, 0.05) is 11.6 Å². The first-order valence-corrected chi connectivity index (χ1v) is 11.7. The second kappa shape index (κ2) is 9.57. The van der Waals surface area contributed by atoms with Crippen LogP contribution in [0.1, 0.15) is 35.2 Å². The average molecular weight is 475 g/mol. The third kappa shape index (κ3) is 4.61. The van der Waals surface area contributed by atoms with Gasteiger partial charge in [0.2, 0.25) is 5.82 Å². The topological polar surface area (TPSA) is 125 Å². The first kappa shape index (κ1) is 22.0. The summed E-state index contributed by atoms with van der Waals surface area (Å²) in [5.41, 5.74) is 7.67. The molecule has 1 fully saturated rings. The van der Waals surface area contributed by atoms with Crippen molar-refractivity contribution in [3.05, 3.63) is 71.6 Å². The molecule has 34 heavy (non-hydrogen) atoms. The number of hydrazine groups is 1. The lowest BCUT2D eigenvalue weighted by molar-refractivity contribution is 0.0992. The number of thioether (sulfide) groups is 1. The van der Waals surface area contributed by atoms with Crippen LogP contribution in [0.25, 0.3) is 22.5 Å². The highest BCUT2D eigenvalue weighted by Gasteiger charge is 2.28. The van der Waals surface area contributed by atoms with E-state index in [4.69, 9.17) is 4.52 Å². The van der Waals surface area contributed by atoms with E-state index in [9.17, 15) is 4.79 Å². The number of carbonyl (C=O) groups is 1. The Morgan fingerprint density at radius 2 is 1.97 bits per heavy atom. The van der Waals surface area contributed by atoms with E-state index in [-0.39, 0.29) is 11.1 Å². The number of hydrogen-bond donors (Lipinski definition) is 2. The van der Waals surface area contributed by atoms with E-state index < -0.39 is 5.91 Å². The second-order valence-corrected chi connectivity index (χ2v) is 8.90. The van der Waals surface area contributed by atoms with Gasteiger partial charge in [0.1, 0.15) is 5.76 Å². The predicted molar refractivity (Wildman–Crippen MR) is 128 cm³/mol. The van der Waals surface area contributed by atoms with Crippen molar-refractivity contribution in [2.24, 2.45) is 4.99 Å². The number of amidine groups is 1. The Balaban J connectivity index is 1.36. The van der Waals surface area contributed by atoms with Crippen molar-refractivity contribution in [1.29, 1.82) is 0 Å². The van der Waals surface area contributed by atoms with E-state index in [1.165, 1.54) is 11.8 Å². The SMILES string of the molecule is CCC1NN(Cc2ccc(-c3ccccc3-c3nn[nH]n3)cc2)C(=NC(=O)c2cc(C)on2)S1. The Labute approximate surface area is 199 Å². The fourth-order valence-corrected chi connectivity index (χ4v) is 4.59. The fourth-order valence-electron chi connectivity index (χ4n) is 3.61. The number of rotatable bonds is 6. The molecule has 1 unspecified atom stereocenters. The van der Waals surface area contributed by atoms with Crippen LogP contribution in [0, 0.1) is 6.92 Å². The van der Waals surface area contributed by atoms with Crippen LogP contribution >= 0.6 is 11.8 Å². The molecule has 0 saturated carbocycles. The zero-order valence-corrected chi connectivity index (χ0v) is 19.4. The Kier molecular flexibility index (Phi) is 6.19. The minimum atomic E-state index is -0.420. The van der Waals surface area contributed by atoms with E-state index >= 15 is 0 Å². The normalized spacial score (nSPS) is 16.9. The summed E-state index contributed by atoms with van der Waals surface area (Å²) in [5, 5.41) is 20.8. The quantitative estimate of drug-likeness (QED) is 0.429. The molecule has 0 radical (unpaired) electrons. The lowest BCUT2D eigenvalue weighted by Gasteiger charge is -2.19. The van der Waals surface area contributed by atoms with Crippen molar-refractivity contribution in [3.8, 4) is 22.5 Å². The molecule has 1 atom stereocenters. The minimum Gasteiger partial charge on any atom is -0.361 e. The van der Waals surface area contributed by atoms with Crippen LogP contribution in [0.15, 0.2) is 64.1 Å². The predicted octanol–water partition coefficient (Wildman–Crippen LogP) is 3.82. The van der Waals surface area contributed by atoms with Crippen LogP contribution in [-0.4, -0.2) is 47.2 Å². The molecule has 1 aliphatic heterocycles. The molecule has 2 N–H and O–H groups in total. The molecule has 0 aliphatic carbocycles. The molecule has 5 rings (SSSR count). The van der Waals surface area contributed by atoms with Crippen LogP contribution in [0.4, 0.5) is 0 Å². The van der Waals surface area contributed by atoms with E-state index in [0.717, 1.165) is 28.7 Å². The summed E-state index contributed by atoms with van der Waals surface area (Å²) in [4.78, 5) is 16.8. The van der Waals surface area contributed by atoms with Gasteiger partial charge in [0.05, 0.1) is 11.9 Å². The van der Waals surface area contributed by atoms with Gasteiger partial charge in [0.15, 0.2) is 10.9 Å². The largest absolute Gasteiger partial charge is 0.361 e. The Morgan fingerprint density at radius 1 is 1.18 bits per heavy atom. The third-order valence-electron chi connectivity index (χ3n) is 5.31. The van der Waals surface area contributed by atoms with Gasteiger partial charge in [-0.05, 0) is 35.2 Å². The van der Waals surface area contributed by atoms with Crippen LogP contribution < -0.4 is 5.43 Å². The van der Waals surface area contributed by atoms with Gasteiger partial charge in [-0.15, -0.1) is 10.2 Å². The van der Waals surface area contributed by atoms with Crippen molar-refractivity contribution in [3.63, 3.8) is 0 Å². The molecule has 3 heterocycles. The van der Waals surface area contributed by atoms with Gasteiger partial charge in [-0.25, -0.2) is 5.43 Å². The summed E-state index contributed by atoms with van der Waals surface area (Å²) < 4.78 is 5.01. The van der Waals surface area contributed by atoms with E-state index in [1.54, 1.807) is 13.0 Å². The Bertz CT molecular complexity index is 1320. The molecule has 172 valence electrons. The monoisotopic (exact) mass is 474 g/mol. The molecule has 1 saturated heterocycles. The number of benzene rings is 2. The van der Waals surface area contributed by atoms with Gasteiger partial charge >= 0.3 is 5.91 Å². The molecular formula is C23H22N8O2S. The number of aromatic amines is 1. The Morgan fingerprint density at radius 3 is 2.65 bits per heavy atom. The van der Waals surface area contributed by atoms with Gasteiger partial charge in [0.25, 0.3) is 0 Å². The number of hydrogen-bond acceptors (Lipinski definition) is 8. The highest BCUT2D eigenvalue weighted by Crippen LogP contribution is 2.30. The van der Waals surface area contributed by atoms with Crippen LogP contribution in [0.5, 0.6) is 0 Å². The summed E-state index contributed by atoms with van der Waals surface area (Å²) >= 11 is 1.53. The number of nitrogens with zero attached hydrogens (tertiary/aromatic N) is 6. The van der Waals surface area contributed by atoms with E-state index in [1.807, 2.05) is 29.3 Å². The number of nitrogens with one attached hydrogen (secondary N) is 2. The first-order chi connectivity index (χ1) is 16.6. The summed E-state index contributed by atoms with van der Waals surface area (Å²) in [6.07, 6.45) is 0.892. The lowest BCUT2D eigenvalue weighted by Crippen LogP contribution is -2.37. The van der Waals surface area contributed by atoms with Gasteiger partial charge < -0.3 is 4.52 Å². The maximum absolute atomic E-state index is 12.5. The molecule has 0 spiro atoms. The molecule has 4 aromatic rings. The summed E-state index contributed by atoms with van der Waals surface area (Å²) in [5.74, 6) is 0.706. The van der Waals surface area contributed by atoms with Crippen LogP contribution in [0.2, 0.25) is 0 Å². The van der Waals surface area contributed by atoms with E-state index in [0.29, 0.717) is 23.3 Å². The molecule has 1 amide bonds. The number of aliphatic imine (C=N–C) groups is 1. The number of aryl methyl sites for hydroxylation is 1. The molecule has 1 aliphatic rings. The summed E-state index contributed by atoms with van der Waals surface area (Å²) in [6.45, 7) is 4.39. The number of carbonyl (C=O) groups excluding carboxylic acids is 1. The summed E-state index contributed by atoms with van der Waals surface area (Å²) in [7, 11) is 0. The number of amides is 1. The molecular weight excluding hydrogens is 452 g/mol. The van der Waals surface area contributed by atoms with Crippen LogP contribution in [-0.2, 0) is 6.54 Å². The first-order valence-electron chi connectivity index (χ1n) is 10.8. The van der Waals surface area contributed by atoms with E-state index in [2.05, 4.69) is 67.4 Å². The minimum absolute atomic E-state index is 0.145. The van der Waals surface area contributed by atoms with Gasteiger partial charge in [-0.1, -0.05) is 72.4 Å². The molecule has 2 aromatic carbocycles. The standard InChI is InChI=1S/C23H22N8O2S/c1-3-20-27-31(23(34-20)24-22(32)19-12-14(2)33-28-19)13-15-8-10-16(11-9-15)17-6-4-5-7-18(17)21-25-29-30-26-21/h4-12,20,27H,3,13H2,1-2H3,(H,25,26,29,30). The molecule has 2 aromatic heterocycles. The maximum Gasteiger partial charge on any atom is 0.301 e. The van der Waals surface area contributed by atoms with Crippen molar-refractivity contribution < 1.29 is 9.32 Å². The highest BCUT2D eigenvalue weighted by atomic mass is 32.2. The zero-order valence-electron chi connectivity index (χ0n) is 18.6. The van der Waals surface area contributed by atoms with Gasteiger partial charge in [-0.2, -0.15) is 10.2 Å². The highest BCUT2D eigenvalue weighted by molar-refractivity contribution is 8.14. The van der Waals surface area contributed by atoms with Crippen molar-refractivity contribution in [2.45, 2.75) is 32.2 Å². The lowest BCUT2D eigenvalue weighted by atomic mass is 9.98. The smallest absolute Gasteiger partial charge is 0.301 e. The maximum atomic E-state index is 12.5. The second-order valence-electron chi connectivity index (χ2n) is 7.73. The van der Waals surface area contributed by atoms with Crippen molar-refractivity contribution >= 4 is 22.8 Å². The van der Waals surface area contributed by atoms with Gasteiger partial charge in [-0.3, -0.25) is 9.80 Å². The van der Waals surface area contributed by atoms with Crippen LogP contribution in [0.3, 0.4) is 0 Å². The number of aromatic nitrogens is 5. The van der Waals surface area contributed by atoms with Crippen molar-refractivity contribution in [2.75, 3.05) is 0 Å². The van der Waals surface area contributed by atoms with Crippen molar-refractivity contribution in [1.82, 2.24) is 36.2 Å². The average Bonchev–Trinajstić information content (AvgIpc) is 3.62. The zero-order chi connectivity index (χ0) is 23.5. The molecule has 0 bridgehead atoms. The molecule has 11 heteroatoms. The molecule has 10 nitrogen and oxygen atoms in total. The number of tetrazole rings is 1. The number of H-pyrrole nitrogens is 1.